The maximum absolute atomic E-state index is 11.3. The number of aliphatic hydroxyl groups excluding tert-OH is 1. The SMILES string of the molecule is C[C@H](CCO)[C@@]1(C(=O)C=[N+]=[N-])CO1. The number of epoxide rings is 1. The van der Waals surface area contributed by atoms with Gasteiger partial charge in [-0.25, -0.2) is 0 Å². The second-order valence-corrected chi connectivity index (χ2v) is 3.20. The minimum Gasteiger partial charge on any atom is -0.396 e. The van der Waals surface area contributed by atoms with Crippen LogP contribution in [0.3, 0.4) is 0 Å². The van der Waals surface area contributed by atoms with Crippen molar-refractivity contribution in [2.75, 3.05) is 13.2 Å². The van der Waals surface area contributed by atoms with Crippen molar-refractivity contribution in [2.45, 2.75) is 18.9 Å². The molecule has 5 nitrogen and oxygen atoms in total. The molecule has 1 saturated heterocycles. The number of carbonyl (C=O) groups excluding carboxylic acids is 1. The van der Waals surface area contributed by atoms with Crippen LogP contribution in [0.5, 0.6) is 0 Å². The summed E-state index contributed by atoms with van der Waals surface area (Å²) >= 11 is 0. The van der Waals surface area contributed by atoms with Crippen LogP contribution < -0.4 is 0 Å². The molecule has 2 atom stereocenters. The molecular weight excluding hydrogens is 172 g/mol. The lowest BCUT2D eigenvalue weighted by Crippen LogP contribution is -2.33. The van der Waals surface area contributed by atoms with E-state index >= 15 is 0 Å². The summed E-state index contributed by atoms with van der Waals surface area (Å²) < 4.78 is 5.06. The van der Waals surface area contributed by atoms with Crippen molar-refractivity contribution in [1.82, 2.24) is 0 Å². The third kappa shape index (κ3) is 1.83. The first-order chi connectivity index (χ1) is 6.17. The van der Waals surface area contributed by atoms with Gasteiger partial charge < -0.3 is 15.4 Å². The Labute approximate surface area is 75.9 Å². The van der Waals surface area contributed by atoms with Gasteiger partial charge in [-0.15, -0.1) is 0 Å². The fraction of sp³-hybridized carbons (Fsp3) is 0.750. The Hall–Kier alpha value is -1.03. The van der Waals surface area contributed by atoms with Gasteiger partial charge in [0.1, 0.15) is 0 Å². The highest BCUT2D eigenvalue weighted by Gasteiger charge is 2.56. The van der Waals surface area contributed by atoms with E-state index in [1.165, 1.54) is 0 Å². The summed E-state index contributed by atoms with van der Waals surface area (Å²) in [4.78, 5) is 14.0. The molecule has 1 aliphatic heterocycles. The molecule has 0 unspecified atom stereocenters. The van der Waals surface area contributed by atoms with Crippen LogP contribution in [0.15, 0.2) is 0 Å². The molecule has 0 radical (unpaired) electrons. The summed E-state index contributed by atoms with van der Waals surface area (Å²) in [5.41, 5.74) is 7.34. The molecule has 0 saturated carbocycles. The summed E-state index contributed by atoms with van der Waals surface area (Å²) in [6, 6.07) is 0. The topological polar surface area (TPSA) is 86.2 Å². The van der Waals surface area contributed by atoms with Gasteiger partial charge in [-0.2, -0.15) is 4.79 Å². The van der Waals surface area contributed by atoms with Crippen molar-refractivity contribution in [1.29, 1.82) is 0 Å². The maximum Gasteiger partial charge on any atom is 0.326 e. The molecule has 1 aliphatic rings. The molecule has 1 rings (SSSR count). The number of ketones is 1. The number of rotatable bonds is 5. The molecule has 72 valence electrons. The fourth-order valence-corrected chi connectivity index (χ4v) is 1.34. The minimum absolute atomic E-state index is 0.0236. The Bertz CT molecular complexity index is 254. The van der Waals surface area contributed by atoms with Crippen molar-refractivity contribution in [2.24, 2.45) is 5.92 Å². The van der Waals surface area contributed by atoms with Crippen molar-refractivity contribution < 1.29 is 19.4 Å². The molecule has 0 amide bonds. The van der Waals surface area contributed by atoms with Gasteiger partial charge in [0.25, 0.3) is 5.78 Å². The van der Waals surface area contributed by atoms with Crippen molar-refractivity contribution in [3.8, 4) is 0 Å². The quantitative estimate of drug-likeness (QED) is 0.274. The molecule has 13 heavy (non-hydrogen) atoms. The molecule has 0 bridgehead atoms. The van der Waals surface area contributed by atoms with E-state index in [0.717, 1.165) is 6.21 Å². The normalized spacial score (nSPS) is 27.5. The maximum atomic E-state index is 11.3. The van der Waals surface area contributed by atoms with Gasteiger partial charge in [0, 0.05) is 6.61 Å². The standard InChI is InChI=1S/C8H12N2O3/c1-6(2-3-11)8(5-13-8)7(12)4-10-9/h4,6,11H,2-3,5H2,1H3/t6-,8-/m1/s1. The van der Waals surface area contributed by atoms with Gasteiger partial charge in [-0.05, 0) is 12.3 Å². The van der Waals surface area contributed by atoms with E-state index in [9.17, 15) is 4.79 Å². The third-order valence-electron chi connectivity index (χ3n) is 2.41. The highest BCUT2D eigenvalue weighted by Crippen LogP contribution is 2.37. The van der Waals surface area contributed by atoms with Crippen LogP contribution in [0.1, 0.15) is 13.3 Å². The van der Waals surface area contributed by atoms with Gasteiger partial charge in [0.2, 0.25) is 0 Å². The molecule has 0 aliphatic carbocycles. The van der Waals surface area contributed by atoms with Crippen molar-refractivity contribution in [3.05, 3.63) is 5.53 Å². The molecule has 0 aromatic heterocycles. The Morgan fingerprint density at radius 3 is 2.92 bits per heavy atom. The molecule has 1 fully saturated rings. The van der Waals surface area contributed by atoms with Crippen LogP contribution in [0.2, 0.25) is 0 Å². The number of Topliss-reactive ketones (excluding diaryl/α,β-unsaturated/α-hetero) is 1. The van der Waals surface area contributed by atoms with Gasteiger partial charge in [0.15, 0.2) is 5.60 Å². The molecule has 1 N–H and O–H groups in total. The Balaban J connectivity index is 2.65. The highest BCUT2D eigenvalue weighted by atomic mass is 16.6. The van der Waals surface area contributed by atoms with Crippen LogP contribution in [0.25, 0.3) is 5.53 Å². The molecule has 0 aromatic carbocycles. The predicted octanol–water partition coefficient (Wildman–Crippen LogP) is -0.356. The number of hydrogen-bond donors (Lipinski definition) is 1. The average Bonchev–Trinajstić information content (AvgIpc) is 2.85. The van der Waals surface area contributed by atoms with Crippen LogP contribution in [0.4, 0.5) is 0 Å². The minimum atomic E-state index is -0.838. The Morgan fingerprint density at radius 1 is 1.92 bits per heavy atom. The summed E-state index contributed by atoms with van der Waals surface area (Å²) in [5, 5.41) is 8.69. The average molecular weight is 184 g/mol. The van der Waals surface area contributed by atoms with Gasteiger partial charge in [0.05, 0.1) is 6.61 Å². The highest BCUT2D eigenvalue weighted by molar-refractivity contribution is 6.30. The van der Waals surface area contributed by atoms with Gasteiger partial charge >= 0.3 is 6.21 Å². The van der Waals surface area contributed by atoms with E-state index in [0.29, 0.717) is 13.0 Å². The Kier molecular flexibility index (Phi) is 2.93. The van der Waals surface area contributed by atoms with Crippen molar-refractivity contribution >= 4 is 12.0 Å². The zero-order chi connectivity index (χ0) is 9.90. The van der Waals surface area contributed by atoms with E-state index in [1.54, 1.807) is 0 Å². The van der Waals surface area contributed by atoms with Crippen LogP contribution in [-0.4, -0.2) is 40.7 Å². The molecule has 0 spiro atoms. The second kappa shape index (κ2) is 3.79. The zero-order valence-electron chi connectivity index (χ0n) is 7.43. The zero-order valence-corrected chi connectivity index (χ0v) is 7.43. The first-order valence-corrected chi connectivity index (χ1v) is 4.14. The number of nitrogens with zero attached hydrogens (tertiary/aromatic N) is 2. The number of hydrogen-bond acceptors (Lipinski definition) is 3. The lowest BCUT2D eigenvalue weighted by atomic mass is 9.88. The summed E-state index contributed by atoms with van der Waals surface area (Å²) in [6.45, 7) is 2.20. The fourth-order valence-electron chi connectivity index (χ4n) is 1.34. The van der Waals surface area contributed by atoms with E-state index in [1.807, 2.05) is 6.92 Å². The van der Waals surface area contributed by atoms with Crippen LogP contribution in [0, 0.1) is 5.92 Å². The summed E-state index contributed by atoms with van der Waals surface area (Å²) in [5.74, 6) is -0.390. The lowest BCUT2D eigenvalue weighted by molar-refractivity contribution is -0.122. The molecular formula is C8H12N2O3. The number of aliphatic hydroxyl groups is 1. The molecule has 0 aromatic rings. The largest absolute Gasteiger partial charge is 0.396 e. The smallest absolute Gasteiger partial charge is 0.326 e. The first kappa shape index (κ1) is 10.1. The lowest BCUT2D eigenvalue weighted by Gasteiger charge is -2.13. The van der Waals surface area contributed by atoms with E-state index in [2.05, 4.69) is 4.79 Å². The van der Waals surface area contributed by atoms with Crippen molar-refractivity contribution in [3.63, 3.8) is 0 Å². The Morgan fingerprint density at radius 2 is 2.54 bits per heavy atom. The van der Waals surface area contributed by atoms with E-state index in [4.69, 9.17) is 15.4 Å². The second-order valence-electron chi connectivity index (χ2n) is 3.20. The summed E-state index contributed by atoms with van der Waals surface area (Å²) in [7, 11) is 0. The number of ether oxygens (including phenoxy) is 1. The third-order valence-corrected chi connectivity index (χ3v) is 2.41. The monoisotopic (exact) mass is 184 g/mol. The van der Waals surface area contributed by atoms with Crippen LogP contribution in [-0.2, 0) is 9.53 Å². The predicted molar refractivity (Wildman–Crippen MR) is 44.2 cm³/mol. The van der Waals surface area contributed by atoms with Gasteiger partial charge in [-0.3, -0.25) is 4.79 Å². The van der Waals surface area contributed by atoms with E-state index in [-0.39, 0.29) is 18.3 Å². The van der Waals surface area contributed by atoms with Gasteiger partial charge in [-0.1, -0.05) is 6.92 Å². The van der Waals surface area contributed by atoms with Crippen LogP contribution >= 0.6 is 0 Å². The molecule has 5 heteroatoms. The summed E-state index contributed by atoms with van der Waals surface area (Å²) in [6.07, 6.45) is 1.35. The van der Waals surface area contributed by atoms with E-state index < -0.39 is 5.60 Å². The first-order valence-electron chi connectivity index (χ1n) is 4.14. The number of carbonyl (C=O) groups is 1. The molecule has 1 heterocycles.